The van der Waals surface area contributed by atoms with E-state index < -0.39 is 9.84 Å². The molecule has 0 atom stereocenters. The second-order valence-electron chi connectivity index (χ2n) is 3.54. The molecule has 0 radical (unpaired) electrons. The molecule has 0 unspecified atom stereocenters. The van der Waals surface area contributed by atoms with Gasteiger partial charge in [0.05, 0.1) is 9.80 Å². The minimum absolute atomic E-state index is 0.287. The lowest BCUT2D eigenvalue weighted by molar-refractivity contribution is 0.602. The lowest BCUT2D eigenvalue weighted by atomic mass is 10.2. The van der Waals surface area contributed by atoms with Crippen molar-refractivity contribution in [3.63, 3.8) is 0 Å². The number of benzene rings is 1. The average Bonchev–Trinajstić information content (AvgIpc) is 2.31. The molecule has 2 nitrogen and oxygen atoms in total. The first-order valence-corrected chi connectivity index (χ1v) is 6.84. The van der Waals surface area contributed by atoms with Crippen LogP contribution >= 0.6 is 11.6 Å². The maximum absolute atomic E-state index is 12.1. The van der Waals surface area contributed by atoms with Crippen molar-refractivity contribution in [2.75, 3.05) is 0 Å². The van der Waals surface area contributed by atoms with E-state index in [1.165, 1.54) is 12.1 Å². The Kier molecular flexibility index (Phi) is 3.17. The van der Waals surface area contributed by atoms with Gasteiger partial charge in [0.1, 0.15) is 0 Å². The third-order valence-electron chi connectivity index (χ3n) is 2.40. The highest BCUT2D eigenvalue weighted by molar-refractivity contribution is 7.95. The average molecular weight is 255 g/mol. The largest absolute Gasteiger partial charge is 0.219 e. The highest BCUT2D eigenvalue weighted by atomic mass is 35.5. The van der Waals surface area contributed by atoms with E-state index in [4.69, 9.17) is 11.6 Å². The van der Waals surface area contributed by atoms with Crippen LogP contribution < -0.4 is 0 Å². The Labute approximate surface area is 100 Å². The van der Waals surface area contributed by atoms with Crippen molar-refractivity contribution in [3.05, 3.63) is 52.4 Å². The molecule has 0 spiro atoms. The molecule has 1 aromatic carbocycles. The molecule has 0 aromatic heterocycles. The van der Waals surface area contributed by atoms with E-state index in [0.29, 0.717) is 9.93 Å². The number of sulfone groups is 1. The monoisotopic (exact) mass is 254 g/mol. The van der Waals surface area contributed by atoms with E-state index >= 15 is 0 Å². The molecule has 0 aliphatic heterocycles. The summed E-state index contributed by atoms with van der Waals surface area (Å²) in [6.45, 7) is 0. The summed E-state index contributed by atoms with van der Waals surface area (Å²) in [5.74, 6) is 0. The molecule has 1 aromatic rings. The fraction of sp³-hybridized carbons (Fsp3) is 0.167. The summed E-state index contributed by atoms with van der Waals surface area (Å²) in [7, 11) is -3.36. The second-order valence-corrected chi connectivity index (χ2v) is 5.93. The van der Waals surface area contributed by atoms with Gasteiger partial charge in [0.15, 0.2) is 0 Å². The van der Waals surface area contributed by atoms with Gasteiger partial charge in [-0.25, -0.2) is 8.42 Å². The number of allylic oxidation sites excluding steroid dienone is 3. The molecular formula is C12H11ClO2S. The van der Waals surface area contributed by atoms with Gasteiger partial charge >= 0.3 is 0 Å². The van der Waals surface area contributed by atoms with Crippen LogP contribution in [0, 0.1) is 0 Å². The van der Waals surface area contributed by atoms with Crippen LogP contribution in [0.3, 0.4) is 0 Å². The zero-order valence-electron chi connectivity index (χ0n) is 8.56. The highest BCUT2D eigenvalue weighted by Crippen LogP contribution is 2.24. The van der Waals surface area contributed by atoms with Crippen molar-refractivity contribution in [2.24, 2.45) is 0 Å². The SMILES string of the molecule is O=S(=O)(C1=CCCC=C1)c1ccc(Cl)cc1. The lowest BCUT2D eigenvalue weighted by Crippen LogP contribution is -2.04. The van der Waals surface area contributed by atoms with E-state index in [0.717, 1.165) is 12.8 Å². The minimum Gasteiger partial charge on any atom is -0.219 e. The normalized spacial score (nSPS) is 15.9. The Morgan fingerprint density at radius 2 is 1.75 bits per heavy atom. The van der Waals surface area contributed by atoms with Crippen molar-refractivity contribution in [3.8, 4) is 0 Å². The first kappa shape index (κ1) is 11.4. The summed E-state index contributed by atoms with van der Waals surface area (Å²) in [4.78, 5) is 0.663. The number of halogens is 1. The fourth-order valence-electron chi connectivity index (χ4n) is 1.54. The molecule has 0 saturated heterocycles. The molecule has 0 fully saturated rings. The summed E-state index contributed by atoms with van der Waals surface area (Å²) < 4.78 is 24.3. The van der Waals surface area contributed by atoms with Crippen molar-refractivity contribution < 1.29 is 8.42 Å². The van der Waals surface area contributed by atoms with Gasteiger partial charge in [0.25, 0.3) is 0 Å². The van der Waals surface area contributed by atoms with Gasteiger partial charge in [-0.3, -0.25) is 0 Å². The third-order valence-corrected chi connectivity index (χ3v) is 4.46. The molecular weight excluding hydrogens is 244 g/mol. The zero-order valence-corrected chi connectivity index (χ0v) is 10.1. The number of rotatable bonds is 2. The van der Waals surface area contributed by atoms with Gasteiger partial charge in [-0.1, -0.05) is 23.8 Å². The van der Waals surface area contributed by atoms with E-state index in [1.54, 1.807) is 24.3 Å². The van der Waals surface area contributed by atoms with Crippen molar-refractivity contribution in [1.82, 2.24) is 0 Å². The molecule has 0 amide bonds. The summed E-state index contributed by atoms with van der Waals surface area (Å²) in [5.41, 5.74) is 0. The predicted octanol–water partition coefficient (Wildman–Crippen LogP) is 3.35. The lowest BCUT2D eigenvalue weighted by Gasteiger charge is -2.08. The molecule has 0 heterocycles. The summed E-state index contributed by atoms with van der Waals surface area (Å²) >= 11 is 5.72. The van der Waals surface area contributed by atoms with Crippen LogP contribution in [0.1, 0.15) is 12.8 Å². The quantitative estimate of drug-likeness (QED) is 0.811. The van der Waals surface area contributed by atoms with Crippen LogP contribution in [0.15, 0.2) is 52.3 Å². The summed E-state index contributed by atoms with van der Waals surface area (Å²) in [5, 5.41) is 0.534. The van der Waals surface area contributed by atoms with Gasteiger partial charge in [0.2, 0.25) is 9.84 Å². The Morgan fingerprint density at radius 3 is 2.31 bits per heavy atom. The van der Waals surface area contributed by atoms with Crippen molar-refractivity contribution in [1.29, 1.82) is 0 Å². The first-order valence-electron chi connectivity index (χ1n) is 4.98. The molecule has 4 heteroatoms. The smallest absolute Gasteiger partial charge is 0.206 e. The van der Waals surface area contributed by atoms with Crippen molar-refractivity contribution >= 4 is 21.4 Å². The molecule has 1 aliphatic carbocycles. The van der Waals surface area contributed by atoms with Crippen LogP contribution in [0.2, 0.25) is 5.02 Å². The van der Waals surface area contributed by atoms with Crippen LogP contribution in [0.5, 0.6) is 0 Å². The van der Waals surface area contributed by atoms with Gasteiger partial charge < -0.3 is 0 Å². The van der Waals surface area contributed by atoms with Gasteiger partial charge in [0, 0.05) is 5.02 Å². The maximum atomic E-state index is 12.1. The Balaban J connectivity index is 2.43. The zero-order chi connectivity index (χ0) is 11.6. The number of hydrogen-bond acceptors (Lipinski definition) is 2. The Bertz CT molecular complexity index is 539. The highest BCUT2D eigenvalue weighted by Gasteiger charge is 2.19. The predicted molar refractivity (Wildman–Crippen MR) is 65.1 cm³/mol. The van der Waals surface area contributed by atoms with Gasteiger partial charge in [-0.05, 0) is 43.2 Å². The Hall–Kier alpha value is -1.06. The molecule has 1 aliphatic rings. The summed E-state index contributed by atoms with van der Waals surface area (Å²) in [6.07, 6.45) is 6.97. The Morgan fingerprint density at radius 1 is 1.06 bits per heavy atom. The van der Waals surface area contributed by atoms with Crippen LogP contribution in [0.4, 0.5) is 0 Å². The standard InChI is InChI=1S/C12H11ClO2S/c13-10-6-8-12(9-7-10)16(14,15)11-4-2-1-3-5-11/h2,4-9H,1,3H2. The van der Waals surface area contributed by atoms with Crippen LogP contribution in [-0.4, -0.2) is 8.42 Å². The molecule has 16 heavy (non-hydrogen) atoms. The molecule has 0 saturated carbocycles. The second kappa shape index (κ2) is 4.44. The fourth-order valence-corrected chi connectivity index (χ4v) is 3.04. The molecule has 0 bridgehead atoms. The van der Waals surface area contributed by atoms with Crippen LogP contribution in [-0.2, 0) is 9.84 Å². The third kappa shape index (κ3) is 2.20. The first-order chi connectivity index (χ1) is 7.60. The van der Waals surface area contributed by atoms with E-state index in [-0.39, 0.29) is 4.90 Å². The van der Waals surface area contributed by atoms with Crippen LogP contribution in [0.25, 0.3) is 0 Å². The topological polar surface area (TPSA) is 34.1 Å². The molecule has 2 rings (SSSR count). The number of hydrogen-bond donors (Lipinski definition) is 0. The van der Waals surface area contributed by atoms with Gasteiger partial charge in [-0.15, -0.1) is 0 Å². The molecule has 84 valence electrons. The maximum Gasteiger partial charge on any atom is 0.206 e. The van der Waals surface area contributed by atoms with E-state index in [1.807, 2.05) is 6.08 Å². The van der Waals surface area contributed by atoms with Gasteiger partial charge in [-0.2, -0.15) is 0 Å². The summed E-state index contributed by atoms with van der Waals surface area (Å²) in [6, 6.07) is 6.23. The van der Waals surface area contributed by atoms with E-state index in [2.05, 4.69) is 0 Å². The van der Waals surface area contributed by atoms with E-state index in [9.17, 15) is 8.42 Å². The van der Waals surface area contributed by atoms with Crippen molar-refractivity contribution in [2.45, 2.75) is 17.7 Å². The minimum atomic E-state index is -3.36. The molecule has 0 N–H and O–H groups in total.